The lowest BCUT2D eigenvalue weighted by Gasteiger charge is -2.09. The van der Waals surface area contributed by atoms with Crippen LogP contribution in [0.25, 0.3) is 10.9 Å². The van der Waals surface area contributed by atoms with Crippen LogP contribution in [0.1, 0.15) is 35.3 Å². The highest BCUT2D eigenvalue weighted by Crippen LogP contribution is 2.27. The van der Waals surface area contributed by atoms with Gasteiger partial charge in [-0.15, -0.1) is 5.10 Å². The summed E-state index contributed by atoms with van der Waals surface area (Å²) < 4.78 is 12.7. The molecule has 0 radical (unpaired) electrons. The monoisotopic (exact) mass is 389 g/mol. The average Bonchev–Trinajstić information content (AvgIpc) is 3.39. The van der Waals surface area contributed by atoms with E-state index in [-0.39, 0.29) is 18.0 Å². The van der Waals surface area contributed by atoms with Gasteiger partial charge in [-0.05, 0) is 37.1 Å². The molecule has 4 rings (SSSR count). The van der Waals surface area contributed by atoms with Crippen molar-refractivity contribution in [2.75, 3.05) is 25.6 Å². The van der Waals surface area contributed by atoms with Gasteiger partial charge in [-0.25, -0.2) is 0 Å². The number of amides is 1. The molecule has 0 saturated carbocycles. The van der Waals surface area contributed by atoms with E-state index in [0.717, 1.165) is 30.4 Å². The molecule has 1 aliphatic heterocycles. The van der Waals surface area contributed by atoms with Gasteiger partial charge in [0.25, 0.3) is 5.91 Å². The number of carbonyl (C=O) groups excluding carboxylic acids is 1. The SMILES string of the molecule is COCCn1c(C(=O)Nc2n[nH]c([C@H]3CCCO3)n2)cc2cc(Cl)ccc21. The first-order valence-electron chi connectivity index (χ1n) is 8.78. The Bertz CT molecular complexity index is 961. The maximum atomic E-state index is 12.9. The van der Waals surface area contributed by atoms with Crippen LogP contribution in [0.5, 0.6) is 0 Å². The van der Waals surface area contributed by atoms with Crippen molar-refractivity contribution in [1.29, 1.82) is 0 Å². The molecular weight excluding hydrogens is 370 g/mol. The molecule has 0 aliphatic carbocycles. The number of hydrogen-bond donors (Lipinski definition) is 2. The number of rotatable bonds is 6. The summed E-state index contributed by atoms with van der Waals surface area (Å²) in [7, 11) is 1.63. The summed E-state index contributed by atoms with van der Waals surface area (Å²) in [5.41, 5.74) is 1.41. The topological polar surface area (TPSA) is 94.1 Å². The summed E-state index contributed by atoms with van der Waals surface area (Å²) in [6.45, 7) is 1.74. The van der Waals surface area contributed by atoms with E-state index in [9.17, 15) is 4.79 Å². The largest absolute Gasteiger partial charge is 0.383 e. The van der Waals surface area contributed by atoms with Gasteiger partial charge in [-0.1, -0.05) is 11.6 Å². The van der Waals surface area contributed by atoms with E-state index >= 15 is 0 Å². The van der Waals surface area contributed by atoms with Crippen molar-refractivity contribution in [2.24, 2.45) is 0 Å². The van der Waals surface area contributed by atoms with E-state index in [1.54, 1.807) is 19.2 Å². The van der Waals surface area contributed by atoms with Crippen LogP contribution >= 0.6 is 11.6 Å². The number of H-pyrrole nitrogens is 1. The Hall–Kier alpha value is -2.42. The fourth-order valence-electron chi connectivity index (χ4n) is 3.29. The third kappa shape index (κ3) is 3.69. The van der Waals surface area contributed by atoms with Crippen molar-refractivity contribution >= 4 is 34.4 Å². The Balaban J connectivity index is 1.59. The normalized spacial score (nSPS) is 16.9. The molecule has 0 bridgehead atoms. The minimum absolute atomic E-state index is 0.0848. The molecule has 0 spiro atoms. The van der Waals surface area contributed by atoms with Crippen molar-refractivity contribution in [1.82, 2.24) is 19.7 Å². The Labute approximate surface area is 160 Å². The van der Waals surface area contributed by atoms with Crippen molar-refractivity contribution in [3.63, 3.8) is 0 Å². The fraction of sp³-hybridized carbons (Fsp3) is 0.389. The molecule has 2 N–H and O–H groups in total. The highest BCUT2D eigenvalue weighted by atomic mass is 35.5. The second kappa shape index (κ2) is 7.67. The number of fused-ring (bicyclic) bond motifs is 1. The Morgan fingerprint density at radius 2 is 2.37 bits per heavy atom. The summed E-state index contributed by atoms with van der Waals surface area (Å²) in [6, 6.07) is 7.34. The van der Waals surface area contributed by atoms with E-state index in [1.165, 1.54) is 0 Å². The summed E-state index contributed by atoms with van der Waals surface area (Å²) >= 11 is 6.09. The fourth-order valence-corrected chi connectivity index (χ4v) is 3.47. The number of ether oxygens (including phenoxy) is 2. The Morgan fingerprint density at radius 1 is 1.48 bits per heavy atom. The highest BCUT2D eigenvalue weighted by molar-refractivity contribution is 6.31. The minimum atomic E-state index is -0.295. The maximum Gasteiger partial charge on any atom is 0.274 e. The maximum absolute atomic E-state index is 12.9. The number of aromatic nitrogens is 4. The molecule has 1 aromatic carbocycles. The standard InChI is InChI=1S/C18H20ClN5O3/c1-26-8-6-24-13-5-4-12(19)9-11(13)10-14(24)17(25)21-18-20-16(22-23-18)15-3-2-7-27-15/h4-5,9-10,15H,2-3,6-8H2,1H3,(H2,20,21,22,23,25)/t15-/m1/s1. The Morgan fingerprint density at radius 3 is 3.15 bits per heavy atom. The van der Waals surface area contributed by atoms with Gasteiger partial charge >= 0.3 is 0 Å². The molecule has 1 amide bonds. The van der Waals surface area contributed by atoms with E-state index in [2.05, 4.69) is 20.5 Å². The minimum Gasteiger partial charge on any atom is -0.383 e. The number of hydrogen-bond acceptors (Lipinski definition) is 5. The Kier molecular flexibility index (Phi) is 5.11. The number of methoxy groups -OCH3 is 1. The molecule has 8 nitrogen and oxygen atoms in total. The zero-order chi connectivity index (χ0) is 18.8. The molecule has 3 aromatic rings. The lowest BCUT2D eigenvalue weighted by molar-refractivity contribution is 0.101. The van der Waals surface area contributed by atoms with Crippen molar-refractivity contribution in [2.45, 2.75) is 25.5 Å². The third-order valence-electron chi connectivity index (χ3n) is 4.58. The number of aromatic amines is 1. The summed E-state index contributed by atoms with van der Waals surface area (Å²) in [4.78, 5) is 17.2. The number of nitrogens with one attached hydrogen (secondary N) is 2. The molecule has 1 saturated heterocycles. The number of halogens is 1. The highest BCUT2D eigenvalue weighted by Gasteiger charge is 2.23. The molecule has 3 heterocycles. The third-order valence-corrected chi connectivity index (χ3v) is 4.81. The number of benzene rings is 1. The second-order valence-corrected chi connectivity index (χ2v) is 6.81. The second-order valence-electron chi connectivity index (χ2n) is 6.38. The van der Waals surface area contributed by atoms with Crippen LogP contribution in [0.15, 0.2) is 24.3 Å². The van der Waals surface area contributed by atoms with Gasteiger partial charge in [0.05, 0.1) is 6.61 Å². The van der Waals surface area contributed by atoms with Crippen LogP contribution in [0, 0.1) is 0 Å². The number of nitrogens with zero attached hydrogens (tertiary/aromatic N) is 3. The molecule has 9 heteroatoms. The molecule has 1 atom stereocenters. The van der Waals surface area contributed by atoms with Gasteiger partial charge in [0.15, 0.2) is 5.82 Å². The predicted octanol–water partition coefficient (Wildman–Crippen LogP) is 3.16. The van der Waals surface area contributed by atoms with Crippen LogP contribution in [-0.2, 0) is 16.0 Å². The van der Waals surface area contributed by atoms with Crippen LogP contribution in [0.4, 0.5) is 5.95 Å². The van der Waals surface area contributed by atoms with Gasteiger partial charge in [0, 0.05) is 36.2 Å². The number of carbonyl (C=O) groups is 1. The predicted molar refractivity (Wildman–Crippen MR) is 101 cm³/mol. The van der Waals surface area contributed by atoms with E-state index in [0.29, 0.717) is 29.7 Å². The quantitative estimate of drug-likeness (QED) is 0.675. The van der Waals surface area contributed by atoms with Gasteiger partial charge < -0.3 is 14.0 Å². The smallest absolute Gasteiger partial charge is 0.274 e. The van der Waals surface area contributed by atoms with Crippen molar-refractivity contribution in [3.05, 3.63) is 40.8 Å². The summed E-state index contributed by atoms with van der Waals surface area (Å²) in [5.74, 6) is 0.568. The molecule has 1 aliphatic rings. The lowest BCUT2D eigenvalue weighted by atomic mass is 10.2. The van der Waals surface area contributed by atoms with Gasteiger partial charge in [0.2, 0.25) is 5.95 Å². The molecule has 0 unspecified atom stereocenters. The number of anilines is 1. The van der Waals surface area contributed by atoms with Crippen LogP contribution in [0.3, 0.4) is 0 Å². The van der Waals surface area contributed by atoms with Crippen molar-refractivity contribution < 1.29 is 14.3 Å². The first-order valence-corrected chi connectivity index (χ1v) is 9.16. The average molecular weight is 390 g/mol. The van der Waals surface area contributed by atoms with Gasteiger partial charge in [0.1, 0.15) is 11.8 Å². The van der Waals surface area contributed by atoms with Crippen LogP contribution in [0.2, 0.25) is 5.02 Å². The summed E-state index contributed by atoms with van der Waals surface area (Å²) in [5, 5.41) is 11.2. The molecular formula is C18H20ClN5O3. The molecule has 142 valence electrons. The van der Waals surface area contributed by atoms with E-state index in [4.69, 9.17) is 21.1 Å². The van der Waals surface area contributed by atoms with Crippen molar-refractivity contribution in [3.8, 4) is 0 Å². The molecule has 2 aromatic heterocycles. The van der Waals surface area contributed by atoms with Gasteiger partial charge in [-0.2, -0.15) is 4.98 Å². The zero-order valence-electron chi connectivity index (χ0n) is 14.9. The molecule has 27 heavy (non-hydrogen) atoms. The molecule has 1 fully saturated rings. The first-order chi connectivity index (χ1) is 13.2. The lowest BCUT2D eigenvalue weighted by Crippen LogP contribution is -2.19. The zero-order valence-corrected chi connectivity index (χ0v) is 15.6. The summed E-state index contributed by atoms with van der Waals surface area (Å²) in [6.07, 6.45) is 1.81. The van der Waals surface area contributed by atoms with E-state index < -0.39 is 0 Å². The van der Waals surface area contributed by atoms with Crippen LogP contribution in [-0.4, -0.2) is 46.0 Å². The van der Waals surface area contributed by atoms with Gasteiger partial charge in [-0.3, -0.25) is 15.2 Å². The van der Waals surface area contributed by atoms with Crippen LogP contribution < -0.4 is 5.32 Å². The van der Waals surface area contributed by atoms with E-state index in [1.807, 2.05) is 16.7 Å². The first kappa shape index (κ1) is 18.0.